The number of halogens is 1. The van der Waals surface area contributed by atoms with Gasteiger partial charge in [0.05, 0.1) is 0 Å². The van der Waals surface area contributed by atoms with Crippen molar-refractivity contribution in [2.45, 2.75) is 0 Å². The molecule has 0 amide bonds. The van der Waals surface area contributed by atoms with E-state index >= 15 is 0 Å². The van der Waals surface area contributed by atoms with Gasteiger partial charge in [-0.3, -0.25) is 4.79 Å². The van der Waals surface area contributed by atoms with Gasteiger partial charge in [-0.15, -0.1) is 0 Å². The molecule has 0 saturated heterocycles. The van der Waals surface area contributed by atoms with Gasteiger partial charge in [-0.05, 0) is 0 Å². The Balaban J connectivity index is 2.84. The number of carbonyl (C=O) groups is 1. The number of nitrogens with zero attached hydrogens (tertiary/aromatic N) is 2. The zero-order chi connectivity index (χ0) is 7.40. The van der Waals surface area contributed by atoms with E-state index in [1.807, 2.05) is 0 Å². The Kier molecular flexibility index (Phi) is 2.17. The van der Waals surface area contributed by atoms with Crippen molar-refractivity contribution in [1.82, 2.24) is 9.97 Å². The topological polar surface area (TPSA) is 52.1 Å². The summed E-state index contributed by atoms with van der Waals surface area (Å²) in [4.78, 5) is 16.9. The zero-order valence-corrected chi connectivity index (χ0v) is 5.58. The first kappa shape index (κ1) is 6.95. The maximum Gasteiger partial charge on any atom is 0.299 e. The Morgan fingerprint density at radius 1 is 1.60 bits per heavy atom. The fourth-order valence-electron chi connectivity index (χ4n) is 0.431. The van der Waals surface area contributed by atoms with Gasteiger partial charge in [0, 0.05) is 6.07 Å². The summed E-state index contributed by atoms with van der Waals surface area (Å²) in [6, 6.07) is 1.34. The van der Waals surface area contributed by atoms with Crippen molar-refractivity contribution in [3.05, 3.63) is 17.5 Å². The summed E-state index contributed by atoms with van der Waals surface area (Å²) in [6.45, 7) is 0.276. The fraction of sp³-hybridized carbons (Fsp3) is 0. The molecule has 52 valence electrons. The van der Waals surface area contributed by atoms with Crippen molar-refractivity contribution < 1.29 is 9.53 Å². The molecular weight excluding hydrogens is 156 g/mol. The van der Waals surface area contributed by atoms with Gasteiger partial charge in [-0.1, -0.05) is 11.6 Å². The number of aromatic nitrogens is 2. The predicted molar refractivity (Wildman–Crippen MR) is 33.7 cm³/mol. The molecule has 0 atom stereocenters. The van der Waals surface area contributed by atoms with E-state index in [2.05, 4.69) is 14.7 Å². The van der Waals surface area contributed by atoms with Crippen molar-refractivity contribution in [2.75, 3.05) is 0 Å². The quantitative estimate of drug-likeness (QED) is 0.469. The van der Waals surface area contributed by atoms with Crippen LogP contribution in [0.2, 0.25) is 5.15 Å². The van der Waals surface area contributed by atoms with Gasteiger partial charge in [-0.2, -0.15) is 0 Å². The van der Waals surface area contributed by atoms with E-state index in [1.54, 1.807) is 0 Å². The smallest absolute Gasteiger partial charge is 0.299 e. The number of hydrogen-bond donors (Lipinski definition) is 0. The zero-order valence-electron chi connectivity index (χ0n) is 4.82. The van der Waals surface area contributed by atoms with E-state index in [9.17, 15) is 4.79 Å². The van der Waals surface area contributed by atoms with Crippen LogP contribution in [-0.4, -0.2) is 16.4 Å². The van der Waals surface area contributed by atoms with Crippen LogP contribution in [0.15, 0.2) is 12.4 Å². The van der Waals surface area contributed by atoms with Gasteiger partial charge in [0.2, 0.25) is 5.88 Å². The second-order valence-corrected chi connectivity index (χ2v) is 1.78. The number of ether oxygens (including phenoxy) is 1. The SMILES string of the molecule is O=COc1cc(Cl)ncn1. The largest absolute Gasteiger partial charge is 0.410 e. The fourth-order valence-corrected chi connectivity index (χ4v) is 0.568. The molecule has 1 heterocycles. The van der Waals surface area contributed by atoms with Crippen molar-refractivity contribution in [3.8, 4) is 5.88 Å². The van der Waals surface area contributed by atoms with Crippen LogP contribution < -0.4 is 4.74 Å². The molecule has 0 saturated carbocycles. The average molecular weight is 159 g/mol. The Hall–Kier alpha value is -1.16. The summed E-state index contributed by atoms with van der Waals surface area (Å²) in [6.07, 6.45) is 1.21. The minimum Gasteiger partial charge on any atom is -0.410 e. The molecule has 0 aromatic carbocycles. The molecule has 0 radical (unpaired) electrons. The lowest BCUT2D eigenvalue weighted by Crippen LogP contribution is -1.91. The van der Waals surface area contributed by atoms with Crippen LogP contribution in [0.4, 0.5) is 0 Å². The number of hydrogen-bond acceptors (Lipinski definition) is 4. The van der Waals surface area contributed by atoms with Gasteiger partial charge in [0.15, 0.2) is 0 Å². The summed E-state index contributed by atoms with van der Waals surface area (Å²) in [5.74, 6) is 0.148. The van der Waals surface area contributed by atoms with Crippen LogP contribution in [0.1, 0.15) is 0 Å². The Bertz CT molecular complexity index is 241. The van der Waals surface area contributed by atoms with Crippen molar-refractivity contribution in [3.63, 3.8) is 0 Å². The van der Waals surface area contributed by atoms with Crippen LogP contribution in [0.5, 0.6) is 5.88 Å². The van der Waals surface area contributed by atoms with E-state index in [0.29, 0.717) is 0 Å². The molecule has 5 heteroatoms. The molecule has 0 N–H and O–H groups in total. The van der Waals surface area contributed by atoms with Crippen LogP contribution in [0.3, 0.4) is 0 Å². The maximum atomic E-state index is 9.76. The minimum absolute atomic E-state index is 0.148. The van der Waals surface area contributed by atoms with E-state index in [1.165, 1.54) is 12.4 Å². The lowest BCUT2D eigenvalue weighted by molar-refractivity contribution is -0.120. The van der Waals surface area contributed by atoms with E-state index in [-0.39, 0.29) is 17.5 Å². The third-order valence-electron chi connectivity index (χ3n) is 0.777. The molecule has 0 aliphatic rings. The molecule has 0 unspecified atom stereocenters. The lowest BCUT2D eigenvalue weighted by atomic mass is 10.6. The molecule has 0 spiro atoms. The molecule has 0 fully saturated rings. The Labute approximate surface area is 61.8 Å². The summed E-state index contributed by atoms with van der Waals surface area (Å²) in [5, 5.41) is 0.242. The van der Waals surface area contributed by atoms with Gasteiger partial charge in [-0.25, -0.2) is 9.97 Å². The molecule has 0 bridgehead atoms. The molecular formula is C5H3ClN2O2. The molecule has 10 heavy (non-hydrogen) atoms. The summed E-state index contributed by atoms with van der Waals surface area (Å²) in [5.41, 5.74) is 0. The third kappa shape index (κ3) is 1.66. The molecule has 1 aromatic heterocycles. The highest BCUT2D eigenvalue weighted by molar-refractivity contribution is 6.29. The average Bonchev–Trinajstić information content (AvgIpc) is 1.88. The molecule has 0 aliphatic carbocycles. The second kappa shape index (κ2) is 3.12. The van der Waals surface area contributed by atoms with Crippen LogP contribution in [0.25, 0.3) is 0 Å². The van der Waals surface area contributed by atoms with Crippen molar-refractivity contribution in [1.29, 1.82) is 0 Å². The molecule has 0 aliphatic heterocycles. The van der Waals surface area contributed by atoms with Gasteiger partial charge in [0.25, 0.3) is 6.47 Å². The number of rotatable bonds is 2. The van der Waals surface area contributed by atoms with E-state index in [0.717, 1.165) is 0 Å². The van der Waals surface area contributed by atoms with Crippen LogP contribution in [0, 0.1) is 0 Å². The van der Waals surface area contributed by atoms with Crippen molar-refractivity contribution >= 4 is 18.1 Å². The molecule has 4 nitrogen and oxygen atoms in total. The second-order valence-electron chi connectivity index (χ2n) is 1.39. The van der Waals surface area contributed by atoms with Gasteiger partial charge < -0.3 is 4.74 Å². The summed E-state index contributed by atoms with van der Waals surface area (Å²) in [7, 11) is 0. The minimum atomic E-state index is 0.148. The monoisotopic (exact) mass is 158 g/mol. The van der Waals surface area contributed by atoms with Gasteiger partial charge in [0.1, 0.15) is 11.5 Å². The summed E-state index contributed by atoms with van der Waals surface area (Å²) < 4.78 is 4.37. The molecule has 1 rings (SSSR count). The van der Waals surface area contributed by atoms with Gasteiger partial charge >= 0.3 is 0 Å². The highest BCUT2D eigenvalue weighted by Crippen LogP contribution is 2.09. The van der Waals surface area contributed by atoms with Crippen LogP contribution in [-0.2, 0) is 4.79 Å². The highest BCUT2D eigenvalue weighted by atomic mass is 35.5. The van der Waals surface area contributed by atoms with Crippen molar-refractivity contribution in [2.24, 2.45) is 0 Å². The standard InChI is InChI=1S/C5H3ClN2O2/c6-4-1-5(10-3-9)8-2-7-4/h1-3H. The maximum absolute atomic E-state index is 9.76. The molecule has 1 aromatic rings. The number of carbonyl (C=O) groups excluding carboxylic acids is 1. The Morgan fingerprint density at radius 2 is 2.40 bits per heavy atom. The first-order valence-electron chi connectivity index (χ1n) is 2.41. The van der Waals surface area contributed by atoms with Crippen LogP contribution >= 0.6 is 11.6 Å². The summed E-state index contributed by atoms with van der Waals surface area (Å²) >= 11 is 5.43. The first-order valence-corrected chi connectivity index (χ1v) is 2.78. The lowest BCUT2D eigenvalue weighted by Gasteiger charge is -1.93. The third-order valence-corrected chi connectivity index (χ3v) is 0.984. The predicted octanol–water partition coefficient (Wildman–Crippen LogP) is 0.665. The first-order chi connectivity index (χ1) is 4.83. The Morgan fingerprint density at radius 3 is 3.00 bits per heavy atom. The highest BCUT2D eigenvalue weighted by Gasteiger charge is 1.94. The normalized spacial score (nSPS) is 8.90. The van der Waals surface area contributed by atoms with E-state index in [4.69, 9.17) is 11.6 Å². The van der Waals surface area contributed by atoms with E-state index < -0.39 is 0 Å².